The fourth-order valence-electron chi connectivity index (χ4n) is 2.05. The van der Waals surface area contributed by atoms with Crippen LogP contribution in [0.15, 0.2) is 18.2 Å². The van der Waals surface area contributed by atoms with Crippen molar-refractivity contribution in [1.29, 1.82) is 5.26 Å². The van der Waals surface area contributed by atoms with Crippen LogP contribution in [0.2, 0.25) is 0 Å². The van der Waals surface area contributed by atoms with Gasteiger partial charge in [-0.3, -0.25) is 0 Å². The number of methoxy groups -OCH3 is 2. The number of ether oxygens (including phenoxy) is 2. The molecule has 0 fully saturated rings. The van der Waals surface area contributed by atoms with Gasteiger partial charge in [0.15, 0.2) is 0 Å². The number of nitrogens with one attached hydrogen (secondary N) is 1. The van der Waals surface area contributed by atoms with E-state index >= 15 is 0 Å². The lowest BCUT2D eigenvalue weighted by atomic mass is 10.0. The van der Waals surface area contributed by atoms with Gasteiger partial charge in [-0.15, -0.1) is 0 Å². The van der Waals surface area contributed by atoms with Crippen LogP contribution in [0.5, 0.6) is 11.5 Å². The molecular weight excluding hydrogens is 240 g/mol. The quantitative estimate of drug-likeness (QED) is 0.820. The van der Waals surface area contributed by atoms with E-state index in [0.29, 0.717) is 6.42 Å². The van der Waals surface area contributed by atoms with Crippen molar-refractivity contribution in [3.8, 4) is 17.6 Å². The fraction of sp³-hybridized carbons (Fsp3) is 0.533. The summed E-state index contributed by atoms with van der Waals surface area (Å²) in [5.74, 6) is 1.63. The zero-order valence-corrected chi connectivity index (χ0v) is 12.1. The van der Waals surface area contributed by atoms with E-state index in [4.69, 9.17) is 14.7 Å². The summed E-state index contributed by atoms with van der Waals surface area (Å²) in [5, 5.41) is 12.3. The molecule has 0 bridgehead atoms. The van der Waals surface area contributed by atoms with Crippen molar-refractivity contribution >= 4 is 0 Å². The van der Waals surface area contributed by atoms with Gasteiger partial charge in [0.2, 0.25) is 0 Å². The third-order valence-electron chi connectivity index (χ3n) is 3.22. The average Bonchev–Trinajstić information content (AvgIpc) is 2.45. The fourth-order valence-corrected chi connectivity index (χ4v) is 2.05. The molecule has 0 saturated heterocycles. The summed E-state index contributed by atoms with van der Waals surface area (Å²) in [6, 6.07) is 8.24. The molecule has 4 heteroatoms. The first-order valence-electron chi connectivity index (χ1n) is 6.51. The summed E-state index contributed by atoms with van der Waals surface area (Å²) >= 11 is 0. The molecule has 0 amide bonds. The predicted molar refractivity (Wildman–Crippen MR) is 75.4 cm³/mol. The summed E-state index contributed by atoms with van der Waals surface area (Å²) in [6.45, 7) is 4.14. The first-order chi connectivity index (χ1) is 9.15. The van der Waals surface area contributed by atoms with Gasteiger partial charge < -0.3 is 14.8 Å². The number of rotatable bonds is 7. The molecule has 0 heterocycles. The highest BCUT2D eigenvalue weighted by atomic mass is 16.5. The van der Waals surface area contributed by atoms with Crippen LogP contribution in [0.25, 0.3) is 0 Å². The van der Waals surface area contributed by atoms with Gasteiger partial charge in [-0.25, -0.2) is 0 Å². The maximum Gasteiger partial charge on any atom is 0.123 e. The minimum absolute atomic E-state index is 0.100. The molecule has 0 aliphatic carbocycles. The van der Waals surface area contributed by atoms with Gasteiger partial charge in [0.25, 0.3) is 0 Å². The van der Waals surface area contributed by atoms with Crippen LogP contribution in [-0.4, -0.2) is 20.3 Å². The van der Waals surface area contributed by atoms with Crippen LogP contribution < -0.4 is 14.8 Å². The van der Waals surface area contributed by atoms with Crippen LogP contribution >= 0.6 is 0 Å². The number of hydrogen-bond acceptors (Lipinski definition) is 4. The summed E-state index contributed by atoms with van der Waals surface area (Å²) in [4.78, 5) is 0. The maximum atomic E-state index is 8.80. The number of benzene rings is 1. The molecule has 0 aliphatic heterocycles. The standard InChI is InChI=1S/C15H22N2O2/c1-5-12(8-9-16)17-11(2)14-10-13(18-3)6-7-15(14)19-4/h6-7,10-12,17H,5,8H2,1-4H3. The SMILES string of the molecule is CCC(CC#N)NC(C)c1cc(OC)ccc1OC. The summed E-state index contributed by atoms with van der Waals surface area (Å²) in [6.07, 6.45) is 1.43. The second kappa shape index (κ2) is 7.65. The Bertz CT molecular complexity index is 440. The lowest BCUT2D eigenvalue weighted by molar-refractivity contribution is 0.383. The molecule has 2 unspecified atom stereocenters. The Morgan fingerprint density at radius 2 is 2.05 bits per heavy atom. The molecule has 2 atom stereocenters. The number of hydrogen-bond donors (Lipinski definition) is 1. The van der Waals surface area contributed by atoms with Crippen LogP contribution in [0.1, 0.15) is 38.3 Å². The molecule has 0 aliphatic rings. The number of nitriles is 1. The molecule has 104 valence electrons. The van der Waals surface area contributed by atoms with Crippen molar-refractivity contribution in [3.63, 3.8) is 0 Å². The van der Waals surface area contributed by atoms with E-state index in [0.717, 1.165) is 23.5 Å². The molecule has 1 aromatic rings. The van der Waals surface area contributed by atoms with E-state index in [2.05, 4.69) is 25.2 Å². The van der Waals surface area contributed by atoms with Crippen LogP contribution in [0.4, 0.5) is 0 Å². The third-order valence-corrected chi connectivity index (χ3v) is 3.22. The normalized spacial score (nSPS) is 13.4. The van der Waals surface area contributed by atoms with E-state index in [1.165, 1.54) is 0 Å². The number of nitrogens with zero attached hydrogens (tertiary/aromatic N) is 1. The zero-order chi connectivity index (χ0) is 14.3. The predicted octanol–water partition coefficient (Wildman–Crippen LogP) is 3.05. The first-order valence-corrected chi connectivity index (χ1v) is 6.51. The van der Waals surface area contributed by atoms with E-state index in [9.17, 15) is 0 Å². The van der Waals surface area contributed by atoms with E-state index in [1.807, 2.05) is 18.2 Å². The summed E-state index contributed by atoms with van der Waals surface area (Å²) in [5.41, 5.74) is 1.04. The first kappa shape index (κ1) is 15.3. The minimum atomic E-state index is 0.100. The lowest BCUT2D eigenvalue weighted by Gasteiger charge is -2.22. The van der Waals surface area contributed by atoms with Crippen LogP contribution in [0, 0.1) is 11.3 Å². The molecule has 1 aromatic carbocycles. The van der Waals surface area contributed by atoms with E-state index < -0.39 is 0 Å². The van der Waals surface area contributed by atoms with Crippen molar-refractivity contribution in [2.75, 3.05) is 14.2 Å². The molecule has 19 heavy (non-hydrogen) atoms. The van der Waals surface area contributed by atoms with Crippen molar-refractivity contribution in [2.24, 2.45) is 0 Å². The van der Waals surface area contributed by atoms with Gasteiger partial charge in [0, 0.05) is 17.6 Å². The molecule has 1 rings (SSSR count). The highest BCUT2D eigenvalue weighted by Gasteiger charge is 2.16. The molecule has 1 N–H and O–H groups in total. The largest absolute Gasteiger partial charge is 0.497 e. The molecule has 4 nitrogen and oxygen atoms in total. The molecule has 0 aromatic heterocycles. The summed E-state index contributed by atoms with van der Waals surface area (Å²) < 4.78 is 10.6. The minimum Gasteiger partial charge on any atom is -0.497 e. The van der Waals surface area contributed by atoms with Gasteiger partial charge in [0.1, 0.15) is 11.5 Å². The second-order valence-electron chi connectivity index (χ2n) is 4.46. The zero-order valence-electron chi connectivity index (χ0n) is 12.1. The highest BCUT2D eigenvalue weighted by Crippen LogP contribution is 2.29. The Morgan fingerprint density at radius 1 is 1.32 bits per heavy atom. The van der Waals surface area contributed by atoms with Crippen LogP contribution in [-0.2, 0) is 0 Å². The van der Waals surface area contributed by atoms with E-state index in [1.54, 1.807) is 14.2 Å². The average molecular weight is 262 g/mol. The monoisotopic (exact) mass is 262 g/mol. The van der Waals surface area contributed by atoms with Crippen LogP contribution in [0.3, 0.4) is 0 Å². The Kier molecular flexibility index (Phi) is 6.17. The molecular formula is C15H22N2O2. The Morgan fingerprint density at radius 3 is 2.58 bits per heavy atom. The van der Waals surface area contributed by atoms with Gasteiger partial charge >= 0.3 is 0 Å². The highest BCUT2D eigenvalue weighted by molar-refractivity contribution is 5.42. The molecule has 0 spiro atoms. The van der Waals surface area contributed by atoms with E-state index in [-0.39, 0.29) is 12.1 Å². The topological polar surface area (TPSA) is 54.3 Å². The second-order valence-corrected chi connectivity index (χ2v) is 4.46. The Balaban J connectivity index is 2.90. The van der Waals surface area contributed by atoms with Crippen molar-refractivity contribution in [3.05, 3.63) is 23.8 Å². The molecule has 0 radical (unpaired) electrons. The summed E-state index contributed by atoms with van der Waals surface area (Å²) in [7, 11) is 3.30. The maximum absolute atomic E-state index is 8.80. The van der Waals surface area contributed by atoms with Crippen molar-refractivity contribution in [2.45, 2.75) is 38.8 Å². The van der Waals surface area contributed by atoms with Gasteiger partial charge in [-0.05, 0) is 31.5 Å². The third kappa shape index (κ3) is 4.15. The van der Waals surface area contributed by atoms with Gasteiger partial charge in [-0.2, -0.15) is 5.26 Å². The molecule has 0 saturated carbocycles. The Hall–Kier alpha value is -1.73. The lowest BCUT2D eigenvalue weighted by Crippen LogP contribution is -2.30. The van der Waals surface area contributed by atoms with Crippen molar-refractivity contribution in [1.82, 2.24) is 5.32 Å². The Labute approximate surface area is 115 Å². The van der Waals surface area contributed by atoms with Gasteiger partial charge in [0.05, 0.1) is 26.7 Å². The van der Waals surface area contributed by atoms with Crippen molar-refractivity contribution < 1.29 is 9.47 Å². The smallest absolute Gasteiger partial charge is 0.123 e. The van der Waals surface area contributed by atoms with Gasteiger partial charge in [-0.1, -0.05) is 6.92 Å².